The monoisotopic (exact) mass is 882 g/mol. The molecule has 2 aliphatic heterocycles. The molecule has 18 nitrogen and oxygen atoms in total. The van der Waals surface area contributed by atoms with Gasteiger partial charge in [0.15, 0.2) is 0 Å². The highest BCUT2D eigenvalue weighted by Gasteiger charge is 2.41. The zero-order valence-corrected chi connectivity index (χ0v) is 37.7. The SMILES string of the molecule is CCOC(=O)n1c(-c2ccc(-c3ccc(-c4cnc([C@@H]5CCCN5C(=O)[C@@H](NC(=O)OC)C(C)C)n4C(=O)OCC)cc3)cc2)cnc1[C@@H]1CCCN1C(=O)[C@@H](NC(=O)OC)C(C)C. The number of amides is 4. The average Bonchev–Trinajstić information content (AvgIpc) is 4.13. The Kier molecular flexibility index (Phi) is 15.1. The van der Waals surface area contributed by atoms with Crippen molar-refractivity contribution in [1.29, 1.82) is 0 Å². The van der Waals surface area contributed by atoms with Crippen LogP contribution in [0.25, 0.3) is 33.6 Å². The number of imidazole rings is 2. The summed E-state index contributed by atoms with van der Waals surface area (Å²) < 4.78 is 23.4. The van der Waals surface area contributed by atoms with Crippen molar-refractivity contribution < 1.29 is 47.7 Å². The third kappa shape index (κ3) is 9.75. The third-order valence-electron chi connectivity index (χ3n) is 11.6. The predicted octanol–water partition coefficient (Wildman–Crippen LogP) is 7.18. The van der Waals surface area contributed by atoms with Crippen LogP contribution in [-0.4, -0.2) is 118 Å². The maximum absolute atomic E-state index is 13.9. The summed E-state index contributed by atoms with van der Waals surface area (Å²) in [5.74, 6) is -0.290. The molecule has 4 aromatic rings. The van der Waals surface area contributed by atoms with Crippen molar-refractivity contribution in [2.45, 2.75) is 91.4 Å². The number of likely N-dealkylation sites (tertiary alicyclic amines) is 2. The third-order valence-corrected chi connectivity index (χ3v) is 11.6. The highest BCUT2D eigenvalue weighted by atomic mass is 16.6. The van der Waals surface area contributed by atoms with Gasteiger partial charge < -0.3 is 39.4 Å². The number of nitrogens with zero attached hydrogens (tertiary/aromatic N) is 6. The standard InChI is InChI=1S/C46H58N8O10/c1-9-63-45(59)53-35(25-47-39(53)33-13-11-23-51(33)41(55)37(27(3)4)49-43(57)61-7)31-19-15-29(16-20-31)30-17-21-32(22-18-30)36-26-48-40(54(36)46(60)64-10-2)34-14-12-24-52(34)42(56)38(28(5)6)50-44(58)62-8/h15-22,25-28,33-34,37-38H,9-14,23-24H2,1-8H3,(H,49,57)(H,50,58)/t33-,34-,37-,38-/m0/s1. The van der Waals surface area contributed by atoms with E-state index in [2.05, 4.69) is 20.6 Å². The van der Waals surface area contributed by atoms with Crippen LogP contribution in [0.1, 0.15) is 91.0 Å². The highest BCUT2D eigenvalue weighted by molar-refractivity contribution is 5.88. The first kappa shape index (κ1) is 46.8. The Balaban J connectivity index is 1.26. The smallest absolute Gasteiger partial charge is 0.420 e. The second-order valence-electron chi connectivity index (χ2n) is 16.3. The van der Waals surface area contributed by atoms with Gasteiger partial charge in [-0.15, -0.1) is 0 Å². The first-order valence-corrected chi connectivity index (χ1v) is 21.7. The molecule has 2 aromatic carbocycles. The molecule has 4 atom stereocenters. The summed E-state index contributed by atoms with van der Waals surface area (Å²) in [5, 5.41) is 5.31. The van der Waals surface area contributed by atoms with Crippen LogP contribution in [-0.2, 0) is 28.5 Å². The molecule has 4 amide bonds. The maximum atomic E-state index is 13.9. The molecule has 4 heterocycles. The predicted molar refractivity (Wildman–Crippen MR) is 235 cm³/mol. The Labute approximate surface area is 372 Å². The van der Waals surface area contributed by atoms with Crippen molar-refractivity contribution in [2.75, 3.05) is 40.5 Å². The van der Waals surface area contributed by atoms with Crippen LogP contribution < -0.4 is 10.6 Å². The lowest BCUT2D eigenvalue weighted by molar-refractivity contribution is -0.136. The van der Waals surface area contributed by atoms with Crippen molar-refractivity contribution >= 4 is 36.2 Å². The van der Waals surface area contributed by atoms with Gasteiger partial charge in [0.25, 0.3) is 0 Å². The van der Waals surface area contributed by atoms with E-state index in [-0.39, 0.29) is 36.9 Å². The Morgan fingerprint density at radius 3 is 1.25 bits per heavy atom. The zero-order chi connectivity index (χ0) is 46.2. The summed E-state index contributed by atoms with van der Waals surface area (Å²) in [4.78, 5) is 91.9. The fourth-order valence-electron chi connectivity index (χ4n) is 8.39. The van der Waals surface area contributed by atoms with Gasteiger partial charge in [-0.1, -0.05) is 76.2 Å². The van der Waals surface area contributed by atoms with Gasteiger partial charge in [0.05, 0.1) is 63.3 Å². The van der Waals surface area contributed by atoms with Gasteiger partial charge in [-0.3, -0.25) is 9.59 Å². The van der Waals surface area contributed by atoms with E-state index in [0.717, 1.165) is 11.1 Å². The number of rotatable bonds is 13. The van der Waals surface area contributed by atoms with Crippen LogP contribution in [0, 0.1) is 11.8 Å². The molecule has 0 saturated carbocycles. The van der Waals surface area contributed by atoms with E-state index in [1.165, 1.54) is 23.4 Å². The van der Waals surface area contributed by atoms with Crippen molar-refractivity contribution in [3.05, 3.63) is 72.6 Å². The number of carbonyl (C=O) groups excluding carboxylic acids is 6. The van der Waals surface area contributed by atoms with Crippen LogP contribution in [0.4, 0.5) is 19.2 Å². The average molecular weight is 883 g/mol. The van der Waals surface area contributed by atoms with Gasteiger partial charge in [-0.25, -0.2) is 38.3 Å². The van der Waals surface area contributed by atoms with Crippen LogP contribution >= 0.6 is 0 Å². The fraction of sp³-hybridized carbons (Fsp3) is 0.478. The summed E-state index contributed by atoms with van der Waals surface area (Å²) in [6.45, 7) is 11.9. The van der Waals surface area contributed by atoms with E-state index in [4.69, 9.17) is 18.9 Å². The molecule has 18 heteroatoms. The van der Waals surface area contributed by atoms with Crippen molar-refractivity contribution in [1.82, 2.24) is 39.5 Å². The number of methoxy groups -OCH3 is 2. The van der Waals surface area contributed by atoms with Gasteiger partial charge in [-0.2, -0.15) is 0 Å². The second kappa shape index (κ2) is 20.6. The highest BCUT2D eigenvalue weighted by Crippen LogP contribution is 2.38. The Morgan fingerprint density at radius 2 is 0.938 bits per heavy atom. The lowest BCUT2D eigenvalue weighted by Crippen LogP contribution is -2.51. The first-order chi connectivity index (χ1) is 30.7. The molecule has 2 aromatic heterocycles. The first-order valence-electron chi connectivity index (χ1n) is 21.7. The molecule has 0 radical (unpaired) electrons. The summed E-state index contributed by atoms with van der Waals surface area (Å²) in [6, 6.07) is 12.5. The lowest BCUT2D eigenvalue weighted by atomic mass is 10.0. The van der Waals surface area contributed by atoms with Gasteiger partial charge >= 0.3 is 24.4 Å². The largest absolute Gasteiger partial charge is 0.453 e. The zero-order valence-electron chi connectivity index (χ0n) is 37.7. The van der Waals surface area contributed by atoms with Crippen molar-refractivity contribution in [3.8, 4) is 33.6 Å². The number of carbonyl (C=O) groups is 6. The molecule has 0 spiro atoms. The topological polar surface area (TPSA) is 206 Å². The second-order valence-corrected chi connectivity index (χ2v) is 16.3. The summed E-state index contributed by atoms with van der Waals surface area (Å²) in [5.41, 5.74) is 4.13. The van der Waals surface area contributed by atoms with Crippen LogP contribution in [0.3, 0.4) is 0 Å². The van der Waals surface area contributed by atoms with Crippen molar-refractivity contribution in [2.24, 2.45) is 11.8 Å². The Bertz CT molecular complexity index is 2160. The number of benzene rings is 2. The number of nitrogens with one attached hydrogen (secondary N) is 2. The number of aromatic nitrogens is 4. The van der Waals surface area contributed by atoms with Crippen molar-refractivity contribution in [3.63, 3.8) is 0 Å². The van der Waals surface area contributed by atoms with Gasteiger partial charge in [0.1, 0.15) is 23.7 Å². The summed E-state index contributed by atoms with van der Waals surface area (Å²) in [7, 11) is 2.49. The molecule has 0 aliphatic carbocycles. The minimum absolute atomic E-state index is 0.131. The van der Waals surface area contributed by atoms with Crippen LogP contribution in [0.2, 0.25) is 0 Å². The maximum Gasteiger partial charge on any atom is 0.420 e. The normalized spacial score (nSPS) is 17.0. The van der Waals surface area contributed by atoms with E-state index in [1.807, 2.05) is 76.2 Å². The molecule has 2 N–H and O–H groups in total. The fourth-order valence-corrected chi connectivity index (χ4v) is 8.39. The lowest BCUT2D eigenvalue weighted by Gasteiger charge is -2.30. The Hall–Kier alpha value is -6.72. The van der Waals surface area contributed by atoms with Crippen LogP contribution in [0.5, 0.6) is 0 Å². The molecule has 2 fully saturated rings. The number of ether oxygens (including phenoxy) is 4. The molecule has 0 unspecified atom stereocenters. The van der Waals surface area contributed by atoms with Gasteiger partial charge in [0, 0.05) is 24.2 Å². The molecule has 2 saturated heterocycles. The molecule has 64 heavy (non-hydrogen) atoms. The molecule has 0 bridgehead atoms. The number of hydrogen-bond donors (Lipinski definition) is 2. The van der Waals surface area contributed by atoms with Gasteiger partial charge in [0.2, 0.25) is 11.8 Å². The molecular formula is C46H58N8O10. The van der Waals surface area contributed by atoms with E-state index >= 15 is 0 Å². The van der Waals surface area contributed by atoms with E-state index in [0.29, 0.717) is 72.9 Å². The van der Waals surface area contributed by atoms with Gasteiger partial charge in [-0.05, 0) is 62.5 Å². The number of hydrogen-bond acceptors (Lipinski definition) is 12. The summed E-state index contributed by atoms with van der Waals surface area (Å²) >= 11 is 0. The minimum Gasteiger partial charge on any atom is -0.453 e. The van der Waals surface area contributed by atoms with E-state index < -0.39 is 48.5 Å². The quantitative estimate of drug-likeness (QED) is 0.128. The summed E-state index contributed by atoms with van der Waals surface area (Å²) in [6.07, 6.45) is 3.05. The minimum atomic E-state index is -0.834. The van der Waals surface area contributed by atoms with Crippen LogP contribution in [0.15, 0.2) is 60.9 Å². The Morgan fingerprint density at radius 1 is 0.594 bits per heavy atom. The molecule has 2 aliphatic rings. The molecule has 342 valence electrons. The van der Waals surface area contributed by atoms with E-state index in [9.17, 15) is 28.8 Å². The number of alkyl carbamates (subject to hydrolysis) is 2. The molecule has 6 rings (SSSR count). The molecular weight excluding hydrogens is 825 g/mol. The van der Waals surface area contributed by atoms with E-state index in [1.54, 1.807) is 36.0 Å².